The van der Waals surface area contributed by atoms with Crippen molar-refractivity contribution in [1.29, 1.82) is 0 Å². The lowest BCUT2D eigenvalue weighted by molar-refractivity contribution is 1.78. The largest absolute Gasteiger partial charge is 0.170 e. The quantitative estimate of drug-likeness (QED) is 0.117. The Labute approximate surface area is 363 Å². The van der Waals surface area contributed by atoms with E-state index in [0.29, 0.717) is 40.3 Å². The van der Waals surface area contributed by atoms with Crippen LogP contribution in [0, 0.1) is 0 Å². The highest BCUT2D eigenvalue weighted by Crippen LogP contribution is 2.27. The smallest absolute Gasteiger partial charge is 0.0819 e. The average molecular weight is 774 g/mol. The van der Waals surface area contributed by atoms with Crippen LogP contribution in [-0.4, -0.2) is 40.3 Å². The highest BCUT2D eigenvalue weighted by atomic mass is 14.1. The number of hydrogen-bond donors (Lipinski definition) is 0. The molecule has 0 aliphatic rings. The van der Waals surface area contributed by atoms with Crippen LogP contribution in [0.2, 0.25) is 81.9 Å². The molecule has 0 radical (unpaired) electrons. The van der Waals surface area contributed by atoms with Gasteiger partial charge in [0, 0.05) is 0 Å². The minimum Gasteiger partial charge on any atom is -0.0819 e. The van der Waals surface area contributed by atoms with Gasteiger partial charge in [0.05, 0.1) is 0 Å². The summed E-state index contributed by atoms with van der Waals surface area (Å²) in [6.07, 6.45) is 0. The van der Waals surface area contributed by atoms with Crippen molar-refractivity contribution in [1.82, 2.24) is 0 Å². The Morgan fingerprint density at radius 3 is 0.867 bits per heavy atom. The molecule has 60 heavy (non-hydrogen) atoms. The predicted octanol–water partition coefficient (Wildman–Crippen LogP) is 11.7. The fraction of sp³-hybridized carbons (Fsp3) is 0.222. The van der Waals surface area contributed by atoms with Crippen molar-refractivity contribution in [2.75, 3.05) is 0 Å². The van der Waals surface area contributed by atoms with E-state index in [1.165, 1.54) is 97.4 Å². The Kier molecular flexibility index (Phi) is 13.1. The molecule has 0 spiro atoms. The van der Waals surface area contributed by atoms with E-state index in [1.54, 1.807) is 0 Å². The first-order valence-corrected chi connectivity index (χ1v) is 22.6. The second-order valence-corrected chi connectivity index (χ2v) is 18.9. The first-order valence-electron chi connectivity index (χ1n) is 22.6. The Balaban J connectivity index is 0.000000136. The van der Waals surface area contributed by atoms with Crippen molar-refractivity contribution in [2.45, 2.75) is 81.9 Å². The molecule has 0 atom stereocenters. The molecule has 0 heterocycles. The Morgan fingerprint density at radius 2 is 0.517 bits per heavy atom. The minimum absolute atomic E-state index is 0.560. The highest BCUT2D eigenvalue weighted by Gasteiger charge is 2.14. The predicted molar refractivity (Wildman–Crippen MR) is 287 cm³/mol. The summed E-state index contributed by atoms with van der Waals surface area (Å²) in [4.78, 5) is 0. The van der Waals surface area contributed by atoms with E-state index in [2.05, 4.69) is 227 Å². The highest BCUT2D eigenvalue weighted by molar-refractivity contribution is 6.75. The van der Waals surface area contributed by atoms with Crippen molar-refractivity contribution in [3.05, 3.63) is 146 Å². The van der Waals surface area contributed by atoms with Gasteiger partial charge in [0.15, 0.2) is 40.3 Å². The monoisotopic (exact) mass is 775 g/mol. The molecule has 294 valence electrons. The van der Waals surface area contributed by atoms with Gasteiger partial charge in [-0.1, -0.05) is 260 Å². The molecule has 9 aromatic carbocycles. The molecule has 0 aliphatic heterocycles. The van der Waals surface area contributed by atoms with E-state index in [9.17, 15) is 0 Å². The van der Waals surface area contributed by atoms with E-state index >= 15 is 0 Å². The van der Waals surface area contributed by atoms with Crippen molar-refractivity contribution < 1.29 is 0 Å². The van der Waals surface area contributed by atoms with Crippen LogP contribution >= 0.6 is 0 Å². The maximum Gasteiger partial charge on any atom is 0.170 e. The van der Waals surface area contributed by atoms with Gasteiger partial charge >= 0.3 is 0 Å². The summed E-state index contributed by atoms with van der Waals surface area (Å²) in [5.41, 5.74) is 8.55. The summed E-state index contributed by atoms with van der Waals surface area (Å²) in [6.45, 7) is 30.5. The molecule has 6 heteroatoms. The maximum atomic E-state index is 2.37. The van der Waals surface area contributed by atoms with Crippen LogP contribution in [0.15, 0.2) is 146 Å². The third-order valence-electron chi connectivity index (χ3n) is 12.7. The van der Waals surface area contributed by atoms with E-state index in [4.69, 9.17) is 0 Å². The maximum absolute atomic E-state index is 2.37. The zero-order valence-corrected chi connectivity index (χ0v) is 38.3. The number of rotatable bonds is 6. The molecule has 0 nitrogen and oxygen atoms in total. The lowest BCUT2D eigenvalue weighted by atomic mass is 9.48. The molecule has 0 saturated heterocycles. The van der Waals surface area contributed by atoms with Gasteiger partial charge in [0.1, 0.15) is 0 Å². The molecule has 0 aromatic heterocycles. The summed E-state index contributed by atoms with van der Waals surface area (Å²) >= 11 is 0. The van der Waals surface area contributed by atoms with E-state index in [0.717, 1.165) is 0 Å². The van der Waals surface area contributed by atoms with Gasteiger partial charge in [-0.25, -0.2) is 0 Å². The second kappa shape index (κ2) is 18.3. The lowest BCUT2D eigenvalue weighted by Crippen LogP contribution is -2.24. The van der Waals surface area contributed by atoms with Crippen LogP contribution in [0.3, 0.4) is 0 Å². The number of hydrogen-bond acceptors (Lipinski definition) is 0. The van der Waals surface area contributed by atoms with Gasteiger partial charge in [-0.05, 0) is 64.6 Å². The van der Waals surface area contributed by atoms with Crippen LogP contribution in [0.1, 0.15) is 0 Å². The summed E-state index contributed by atoms with van der Waals surface area (Å²) < 4.78 is 0. The minimum atomic E-state index is 0.560. The van der Waals surface area contributed by atoms with Crippen molar-refractivity contribution in [2.24, 2.45) is 0 Å². The zero-order chi connectivity index (χ0) is 42.8. The van der Waals surface area contributed by atoms with E-state index < -0.39 is 0 Å². The molecule has 0 N–H and O–H groups in total. The molecular weight excluding hydrogens is 713 g/mol. The number of benzene rings is 9. The third-order valence-corrected chi connectivity index (χ3v) is 12.7. The first-order chi connectivity index (χ1) is 28.7. The topological polar surface area (TPSA) is 0 Å². The normalized spacial score (nSPS) is 11.0. The Bertz CT molecular complexity index is 2760. The fourth-order valence-corrected chi connectivity index (χ4v) is 8.81. The van der Waals surface area contributed by atoms with Crippen LogP contribution in [-0.2, 0) is 0 Å². The van der Waals surface area contributed by atoms with Gasteiger partial charge < -0.3 is 0 Å². The molecule has 9 rings (SSSR count). The molecule has 0 fully saturated rings. The van der Waals surface area contributed by atoms with Crippen molar-refractivity contribution >= 4 is 138 Å². The van der Waals surface area contributed by atoms with E-state index in [1.807, 2.05) is 0 Å². The van der Waals surface area contributed by atoms with Gasteiger partial charge in [-0.3, -0.25) is 0 Å². The lowest BCUT2D eigenvalue weighted by Gasteiger charge is -2.13. The van der Waals surface area contributed by atoms with Crippen LogP contribution < -0.4 is 32.8 Å². The van der Waals surface area contributed by atoms with Gasteiger partial charge in [-0.15, -0.1) is 0 Å². The second-order valence-electron chi connectivity index (χ2n) is 18.9. The Morgan fingerprint density at radius 1 is 0.217 bits per heavy atom. The fourth-order valence-electron chi connectivity index (χ4n) is 8.81. The van der Waals surface area contributed by atoms with Gasteiger partial charge in [-0.2, -0.15) is 0 Å². The van der Waals surface area contributed by atoms with Crippen LogP contribution in [0.25, 0.3) is 64.6 Å². The molecule has 0 aliphatic carbocycles. The van der Waals surface area contributed by atoms with Gasteiger partial charge in [0.25, 0.3) is 0 Å². The molecule has 0 unspecified atom stereocenters. The molecule has 0 saturated carbocycles. The van der Waals surface area contributed by atoms with Crippen molar-refractivity contribution in [3.8, 4) is 0 Å². The summed E-state index contributed by atoms with van der Waals surface area (Å²) in [5.74, 6) is 0. The van der Waals surface area contributed by atoms with E-state index in [-0.39, 0.29) is 0 Å². The standard InChI is InChI=1S/3C18H20B2/c1-19(2)17-9-5-7-13-14-8-6-10-18(20(3)4)16(14)12-11-15(13)17;1-19(2)15-7-9-17-13(11-15)5-6-14-12-16(20(3)4)8-10-18(14)17;1-19(2)15-9-7-13-5-6-14-8-10-16(20(3)4)12-18(14)17(13)11-15/h3*5-12H,1-4H3. The summed E-state index contributed by atoms with van der Waals surface area (Å²) in [7, 11) is 0. The SMILES string of the molecule is CB(C)c1ccc2c(ccc3cc(B(C)C)ccc32)c1.CB(C)c1ccc2ccc3ccc(B(C)C)cc3c2c1.CB(C)c1cccc2c1ccc1c(B(C)C)cccc12. The molecule has 0 bridgehead atoms. The molecular formula is C54H60B6. The summed E-state index contributed by atoms with van der Waals surface area (Å²) in [5, 5.41) is 16.4. The first kappa shape index (κ1) is 43.0. The Hall–Kier alpha value is -5.07. The average Bonchev–Trinajstić information content (AvgIpc) is 3.25. The molecule has 0 amide bonds. The third kappa shape index (κ3) is 9.00. The van der Waals surface area contributed by atoms with Crippen LogP contribution in [0.4, 0.5) is 0 Å². The van der Waals surface area contributed by atoms with Crippen molar-refractivity contribution in [3.63, 3.8) is 0 Å². The number of fused-ring (bicyclic) bond motifs is 9. The zero-order valence-electron chi connectivity index (χ0n) is 38.3. The molecule has 9 aromatic rings. The van der Waals surface area contributed by atoms with Gasteiger partial charge in [0.2, 0.25) is 0 Å². The van der Waals surface area contributed by atoms with Crippen LogP contribution in [0.5, 0.6) is 0 Å². The summed E-state index contributed by atoms with van der Waals surface area (Å²) in [6, 6.07) is 54.5.